The van der Waals surface area contributed by atoms with E-state index in [0.717, 1.165) is 35.1 Å². The van der Waals surface area contributed by atoms with Crippen LogP contribution in [-0.4, -0.2) is 42.3 Å². The van der Waals surface area contributed by atoms with Gasteiger partial charge in [0.05, 0.1) is 5.92 Å². The molecule has 2 amide bonds. The number of amides is 2. The number of carbonyl (C=O) groups excluding carboxylic acids is 2. The van der Waals surface area contributed by atoms with Crippen LogP contribution in [0.2, 0.25) is 0 Å². The van der Waals surface area contributed by atoms with Crippen molar-refractivity contribution in [2.24, 2.45) is 11.8 Å². The summed E-state index contributed by atoms with van der Waals surface area (Å²) in [6, 6.07) is 15.5. The molecule has 0 aromatic heterocycles. The van der Waals surface area contributed by atoms with Gasteiger partial charge in [0.15, 0.2) is 0 Å². The number of hydrogen-bond donors (Lipinski definition) is 3. The van der Waals surface area contributed by atoms with Crippen LogP contribution in [0.5, 0.6) is 0 Å². The van der Waals surface area contributed by atoms with Gasteiger partial charge in [0.25, 0.3) is 0 Å². The molecule has 7 heteroatoms. The maximum atomic E-state index is 12.6. The zero-order chi connectivity index (χ0) is 23.4. The summed E-state index contributed by atoms with van der Waals surface area (Å²) in [4.78, 5) is 36.5. The molecule has 0 heterocycles. The third kappa shape index (κ3) is 4.87. The van der Waals surface area contributed by atoms with Crippen LogP contribution in [0.25, 0.3) is 11.1 Å². The van der Waals surface area contributed by atoms with Crippen LogP contribution in [0.3, 0.4) is 0 Å². The van der Waals surface area contributed by atoms with Gasteiger partial charge in [-0.3, -0.25) is 9.59 Å². The minimum atomic E-state index is -0.810. The van der Waals surface area contributed by atoms with Crippen molar-refractivity contribution in [2.75, 3.05) is 13.2 Å². The Kier molecular flexibility index (Phi) is 6.96. The van der Waals surface area contributed by atoms with E-state index in [0.29, 0.717) is 19.4 Å². The predicted octanol–water partition coefficient (Wildman–Crippen LogP) is 3.92. The summed E-state index contributed by atoms with van der Waals surface area (Å²) >= 11 is 0. The number of alkyl carbamates (subject to hydrolysis) is 1. The van der Waals surface area contributed by atoms with Gasteiger partial charge in [0.1, 0.15) is 12.6 Å². The van der Waals surface area contributed by atoms with Gasteiger partial charge in [0, 0.05) is 12.5 Å². The van der Waals surface area contributed by atoms with E-state index in [1.54, 1.807) is 0 Å². The van der Waals surface area contributed by atoms with Crippen molar-refractivity contribution in [1.29, 1.82) is 0 Å². The van der Waals surface area contributed by atoms with Gasteiger partial charge in [-0.1, -0.05) is 61.9 Å². The molecule has 3 atom stereocenters. The van der Waals surface area contributed by atoms with Gasteiger partial charge in [0.2, 0.25) is 5.91 Å². The van der Waals surface area contributed by atoms with E-state index < -0.39 is 24.0 Å². The maximum Gasteiger partial charge on any atom is 0.407 e. The molecule has 33 heavy (non-hydrogen) atoms. The summed E-state index contributed by atoms with van der Waals surface area (Å²) in [5.41, 5.74) is 4.56. The lowest BCUT2D eigenvalue weighted by molar-refractivity contribution is -0.143. The fraction of sp³-hybridized carbons (Fsp3) is 0.423. The number of nitrogens with one attached hydrogen (secondary N) is 2. The molecule has 1 fully saturated rings. The monoisotopic (exact) mass is 450 g/mol. The lowest BCUT2D eigenvalue weighted by Crippen LogP contribution is -2.48. The molecule has 0 unspecified atom stereocenters. The molecule has 3 N–H and O–H groups in total. The number of hydrogen-bond acceptors (Lipinski definition) is 4. The Balaban J connectivity index is 1.32. The second-order valence-electron chi connectivity index (χ2n) is 8.81. The Morgan fingerprint density at radius 1 is 1.03 bits per heavy atom. The molecular formula is C26H30N2O5. The van der Waals surface area contributed by atoms with E-state index in [1.807, 2.05) is 31.2 Å². The van der Waals surface area contributed by atoms with E-state index in [4.69, 9.17) is 4.74 Å². The first-order valence-corrected chi connectivity index (χ1v) is 11.6. The van der Waals surface area contributed by atoms with Crippen molar-refractivity contribution in [3.8, 4) is 11.1 Å². The SMILES string of the molecule is CC[C@@H](NC(=O)OCC1c2ccccc2-c2ccccc21)C(=O)NC[C@@H]1CCC[C@@H]1C(=O)O. The van der Waals surface area contributed by atoms with Crippen LogP contribution in [0.1, 0.15) is 49.7 Å². The van der Waals surface area contributed by atoms with Gasteiger partial charge >= 0.3 is 12.1 Å². The summed E-state index contributed by atoms with van der Waals surface area (Å²) in [6.45, 7) is 2.29. The van der Waals surface area contributed by atoms with E-state index in [2.05, 4.69) is 34.9 Å². The van der Waals surface area contributed by atoms with Gasteiger partial charge in [-0.05, 0) is 47.4 Å². The molecule has 174 valence electrons. The van der Waals surface area contributed by atoms with E-state index >= 15 is 0 Å². The molecule has 1 saturated carbocycles. The Labute approximate surface area is 193 Å². The molecule has 0 saturated heterocycles. The zero-order valence-corrected chi connectivity index (χ0v) is 18.8. The first-order chi connectivity index (χ1) is 16.0. The molecule has 7 nitrogen and oxygen atoms in total. The molecular weight excluding hydrogens is 420 g/mol. The standard InChI is InChI=1S/C26H30N2O5/c1-2-23(24(29)27-14-16-8-7-13-17(16)25(30)31)28-26(32)33-15-22-20-11-5-3-9-18(20)19-10-4-6-12-21(19)22/h3-6,9-12,16-17,22-23H,2,7-8,13-15H2,1H3,(H,27,29)(H,28,32)(H,30,31)/t16-,17-,23+/m0/s1. The van der Waals surface area contributed by atoms with Crippen LogP contribution in [-0.2, 0) is 14.3 Å². The molecule has 2 aliphatic rings. The molecule has 0 bridgehead atoms. The first kappa shape index (κ1) is 22.8. The van der Waals surface area contributed by atoms with Crippen LogP contribution < -0.4 is 10.6 Å². The fourth-order valence-electron chi connectivity index (χ4n) is 5.10. The second-order valence-corrected chi connectivity index (χ2v) is 8.81. The van der Waals surface area contributed by atoms with Crippen molar-refractivity contribution >= 4 is 18.0 Å². The lowest BCUT2D eigenvalue weighted by atomic mass is 9.96. The normalized spacial score (nSPS) is 19.9. The fourth-order valence-corrected chi connectivity index (χ4v) is 5.10. The number of benzene rings is 2. The number of carbonyl (C=O) groups is 3. The Hall–Kier alpha value is -3.35. The Bertz CT molecular complexity index is 991. The topological polar surface area (TPSA) is 105 Å². The van der Waals surface area contributed by atoms with Crippen molar-refractivity contribution in [3.05, 3.63) is 59.7 Å². The number of aliphatic carboxylic acids is 1. The predicted molar refractivity (Wildman–Crippen MR) is 124 cm³/mol. The number of carboxylic acids is 1. The van der Waals surface area contributed by atoms with Gasteiger partial charge < -0.3 is 20.5 Å². The quantitative estimate of drug-likeness (QED) is 0.565. The number of ether oxygens (including phenoxy) is 1. The molecule has 2 aromatic carbocycles. The minimum absolute atomic E-state index is 0.0487. The van der Waals surface area contributed by atoms with Gasteiger partial charge in [-0.25, -0.2) is 4.79 Å². The third-order valence-corrected chi connectivity index (χ3v) is 6.88. The molecule has 4 rings (SSSR count). The molecule has 2 aliphatic carbocycles. The van der Waals surface area contributed by atoms with Gasteiger partial charge in [-0.2, -0.15) is 0 Å². The molecule has 0 radical (unpaired) electrons. The van der Waals surface area contributed by atoms with Crippen LogP contribution in [0.4, 0.5) is 4.79 Å². The number of fused-ring (bicyclic) bond motifs is 3. The summed E-state index contributed by atoms with van der Waals surface area (Å²) in [6.07, 6.45) is 2.05. The second kappa shape index (κ2) is 10.1. The molecule has 0 aliphatic heterocycles. The van der Waals surface area contributed by atoms with Crippen LogP contribution in [0.15, 0.2) is 48.5 Å². The highest BCUT2D eigenvalue weighted by atomic mass is 16.5. The highest BCUT2D eigenvalue weighted by molar-refractivity contribution is 5.85. The Morgan fingerprint density at radius 2 is 1.67 bits per heavy atom. The van der Waals surface area contributed by atoms with Crippen LogP contribution >= 0.6 is 0 Å². The van der Waals surface area contributed by atoms with Crippen molar-refractivity contribution in [3.63, 3.8) is 0 Å². The van der Waals surface area contributed by atoms with Gasteiger partial charge in [-0.15, -0.1) is 0 Å². The highest BCUT2D eigenvalue weighted by Gasteiger charge is 2.34. The zero-order valence-electron chi connectivity index (χ0n) is 18.8. The average molecular weight is 451 g/mol. The summed E-state index contributed by atoms with van der Waals surface area (Å²) in [5.74, 6) is -1.66. The highest BCUT2D eigenvalue weighted by Crippen LogP contribution is 2.44. The Morgan fingerprint density at radius 3 is 2.27 bits per heavy atom. The third-order valence-electron chi connectivity index (χ3n) is 6.88. The average Bonchev–Trinajstić information content (AvgIpc) is 3.42. The number of rotatable bonds is 8. The minimum Gasteiger partial charge on any atom is -0.481 e. The molecule has 0 spiro atoms. The largest absolute Gasteiger partial charge is 0.481 e. The van der Waals surface area contributed by atoms with E-state index in [9.17, 15) is 19.5 Å². The molecule has 2 aromatic rings. The van der Waals surface area contributed by atoms with Crippen molar-refractivity contribution in [2.45, 2.75) is 44.6 Å². The summed E-state index contributed by atoms with van der Waals surface area (Å²) in [7, 11) is 0. The van der Waals surface area contributed by atoms with Crippen molar-refractivity contribution in [1.82, 2.24) is 10.6 Å². The summed E-state index contributed by atoms with van der Waals surface area (Å²) in [5, 5.41) is 14.8. The van der Waals surface area contributed by atoms with Crippen LogP contribution in [0, 0.1) is 11.8 Å². The van der Waals surface area contributed by atoms with E-state index in [-0.39, 0.29) is 24.3 Å². The maximum absolute atomic E-state index is 12.6. The van der Waals surface area contributed by atoms with E-state index in [1.165, 1.54) is 0 Å². The number of carboxylic acid groups (broad SMARTS) is 1. The smallest absolute Gasteiger partial charge is 0.407 e. The van der Waals surface area contributed by atoms with Crippen molar-refractivity contribution < 1.29 is 24.2 Å². The summed E-state index contributed by atoms with van der Waals surface area (Å²) < 4.78 is 5.54. The first-order valence-electron chi connectivity index (χ1n) is 11.6. The lowest BCUT2D eigenvalue weighted by Gasteiger charge is -2.21.